The molecule has 1 aromatic heterocycles. The summed E-state index contributed by atoms with van der Waals surface area (Å²) in [6, 6.07) is 8.89. The summed E-state index contributed by atoms with van der Waals surface area (Å²) in [5, 5.41) is 0.738. The van der Waals surface area contributed by atoms with Gasteiger partial charge in [0.25, 0.3) is 0 Å². The Balaban J connectivity index is 2.27. The van der Waals surface area contributed by atoms with Gasteiger partial charge in [-0.3, -0.25) is 0 Å². The summed E-state index contributed by atoms with van der Waals surface area (Å²) >= 11 is 3.39. The van der Waals surface area contributed by atoms with Crippen LogP contribution in [-0.2, 0) is 6.18 Å². The molecular formula is C17H12BrF3N2O. The number of hydrogen-bond donors (Lipinski definition) is 0. The Morgan fingerprint density at radius 1 is 1.04 bits per heavy atom. The zero-order valence-electron chi connectivity index (χ0n) is 12.8. The first kappa shape index (κ1) is 16.7. The van der Waals surface area contributed by atoms with Gasteiger partial charge in [-0.15, -0.1) is 0 Å². The maximum atomic E-state index is 12.9. The molecule has 0 bridgehead atoms. The molecule has 0 amide bonds. The molecule has 24 heavy (non-hydrogen) atoms. The third kappa shape index (κ3) is 3.08. The van der Waals surface area contributed by atoms with Crippen molar-refractivity contribution in [3.8, 4) is 17.0 Å². The van der Waals surface area contributed by atoms with E-state index in [4.69, 9.17) is 4.74 Å². The quantitative estimate of drug-likeness (QED) is 0.581. The second-order valence-corrected chi connectivity index (χ2v) is 6.11. The Bertz CT molecular complexity index is 920. The van der Waals surface area contributed by atoms with Crippen molar-refractivity contribution in [3.63, 3.8) is 0 Å². The highest BCUT2D eigenvalue weighted by molar-refractivity contribution is 9.10. The van der Waals surface area contributed by atoms with Gasteiger partial charge >= 0.3 is 6.18 Å². The van der Waals surface area contributed by atoms with Crippen molar-refractivity contribution in [2.45, 2.75) is 13.1 Å². The molecule has 3 nitrogen and oxygen atoms in total. The van der Waals surface area contributed by atoms with E-state index < -0.39 is 11.7 Å². The summed E-state index contributed by atoms with van der Waals surface area (Å²) in [7, 11) is 1.34. The van der Waals surface area contributed by atoms with Gasteiger partial charge < -0.3 is 4.74 Å². The monoisotopic (exact) mass is 396 g/mol. The average molecular weight is 397 g/mol. The lowest BCUT2D eigenvalue weighted by Crippen LogP contribution is -2.05. The van der Waals surface area contributed by atoms with Crippen LogP contribution < -0.4 is 4.74 Å². The van der Waals surface area contributed by atoms with Gasteiger partial charge in [-0.1, -0.05) is 15.9 Å². The van der Waals surface area contributed by atoms with Crippen molar-refractivity contribution < 1.29 is 17.9 Å². The van der Waals surface area contributed by atoms with Gasteiger partial charge in [0, 0.05) is 15.4 Å². The predicted octanol–water partition coefficient (Wildman–Crippen LogP) is 5.40. The Hall–Kier alpha value is -2.15. The number of alkyl halides is 3. The normalized spacial score (nSPS) is 11.8. The fourth-order valence-corrected chi connectivity index (χ4v) is 2.84. The Labute approximate surface area is 144 Å². The molecule has 0 fully saturated rings. The highest BCUT2D eigenvalue weighted by Gasteiger charge is 2.31. The summed E-state index contributed by atoms with van der Waals surface area (Å²) in [6.45, 7) is 1.74. The van der Waals surface area contributed by atoms with Crippen molar-refractivity contribution in [3.05, 3.63) is 52.3 Å². The number of halogens is 4. The van der Waals surface area contributed by atoms with Crippen molar-refractivity contribution in [1.29, 1.82) is 0 Å². The minimum absolute atomic E-state index is 0.118. The largest absolute Gasteiger partial charge is 0.496 e. The molecular weight excluding hydrogens is 385 g/mol. The first-order chi connectivity index (χ1) is 11.3. The van der Waals surface area contributed by atoms with E-state index in [-0.39, 0.29) is 5.75 Å². The van der Waals surface area contributed by atoms with Gasteiger partial charge in [-0.05, 0) is 43.3 Å². The van der Waals surface area contributed by atoms with Crippen molar-refractivity contribution in [1.82, 2.24) is 9.97 Å². The van der Waals surface area contributed by atoms with E-state index in [2.05, 4.69) is 25.9 Å². The summed E-state index contributed by atoms with van der Waals surface area (Å²) in [5.41, 5.74) is 0.966. The van der Waals surface area contributed by atoms with E-state index in [1.54, 1.807) is 6.92 Å². The number of ether oxygens (including phenoxy) is 1. The molecule has 0 N–H and O–H groups in total. The van der Waals surface area contributed by atoms with Gasteiger partial charge in [0.2, 0.25) is 0 Å². The van der Waals surface area contributed by atoms with Crippen molar-refractivity contribution in [2.75, 3.05) is 7.11 Å². The number of fused-ring (bicyclic) bond motifs is 1. The van der Waals surface area contributed by atoms with Crippen LogP contribution in [0.1, 0.15) is 11.4 Å². The number of rotatable bonds is 2. The van der Waals surface area contributed by atoms with E-state index in [9.17, 15) is 13.2 Å². The van der Waals surface area contributed by atoms with Crippen LogP contribution >= 0.6 is 15.9 Å². The number of hydrogen-bond acceptors (Lipinski definition) is 3. The lowest BCUT2D eigenvalue weighted by atomic mass is 10.0. The van der Waals surface area contributed by atoms with E-state index >= 15 is 0 Å². The van der Waals surface area contributed by atoms with Gasteiger partial charge in [0.05, 0.1) is 23.9 Å². The van der Waals surface area contributed by atoms with Crippen LogP contribution in [0.2, 0.25) is 0 Å². The summed E-state index contributed by atoms with van der Waals surface area (Å²) < 4.78 is 44.8. The van der Waals surface area contributed by atoms with Crippen LogP contribution in [0.5, 0.6) is 5.75 Å². The molecule has 7 heteroatoms. The minimum Gasteiger partial charge on any atom is -0.496 e. The van der Waals surface area contributed by atoms with Crippen LogP contribution in [0, 0.1) is 6.92 Å². The molecule has 0 unspecified atom stereocenters. The highest BCUT2D eigenvalue weighted by atomic mass is 79.9. The zero-order valence-corrected chi connectivity index (χ0v) is 14.4. The summed E-state index contributed by atoms with van der Waals surface area (Å²) in [5.74, 6) is 0.643. The third-order valence-electron chi connectivity index (χ3n) is 3.55. The maximum Gasteiger partial charge on any atom is 0.416 e. The zero-order chi connectivity index (χ0) is 17.5. The van der Waals surface area contributed by atoms with Gasteiger partial charge in [-0.25, -0.2) is 9.97 Å². The number of aryl methyl sites for hydroxylation is 1. The molecule has 3 aromatic rings. The van der Waals surface area contributed by atoms with Crippen molar-refractivity contribution >= 4 is 26.8 Å². The van der Waals surface area contributed by atoms with E-state index in [1.165, 1.54) is 13.2 Å². The summed E-state index contributed by atoms with van der Waals surface area (Å²) in [6.07, 6.45) is -4.43. The molecule has 0 aliphatic heterocycles. The number of aromatic nitrogens is 2. The Morgan fingerprint density at radius 2 is 1.79 bits per heavy atom. The molecule has 0 spiro atoms. The fraction of sp³-hybridized carbons (Fsp3) is 0.176. The smallest absolute Gasteiger partial charge is 0.416 e. The molecule has 0 aliphatic rings. The molecule has 1 heterocycles. The van der Waals surface area contributed by atoms with Crippen LogP contribution in [0.4, 0.5) is 13.2 Å². The van der Waals surface area contributed by atoms with Crippen LogP contribution in [-0.4, -0.2) is 17.1 Å². The lowest BCUT2D eigenvalue weighted by Gasteiger charge is -2.14. The van der Waals surface area contributed by atoms with Gasteiger partial charge in [-0.2, -0.15) is 13.2 Å². The topological polar surface area (TPSA) is 35.0 Å². The van der Waals surface area contributed by atoms with E-state index in [0.29, 0.717) is 22.6 Å². The number of methoxy groups -OCH3 is 1. The molecule has 3 rings (SSSR count). The third-order valence-corrected chi connectivity index (χ3v) is 4.05. The molecule has 0 aliphatic carbocycles. The molecule has 124 valence electrons. The maximum absolute atomic E-state index is 12.9. The van der Waals surface area contributed by atoms with Crippen LogP contribution in [0.25, 0.3) is 22.2 Å². The fourth-order valence-electron chi connectivity index (χ4n) is 2.49. The second-order valence-electron chi connectivity index (χ2n) is 5.19. The SMILES string of the molecule is COc1cc(C(F)(F)F)ccc1-c1nc(C)nc2cc(Br)ccc12. The summed E-state index contributed by atoms with van der Waals surface area (Å²) in [4.78, 5) is 8.79. The number of benzene rings is 2. The lowest BCUT2D eigenvalue weighted by molar-refractivity contribution is -0.137. The Morgan fingerprint density at radius 3 is 2.46 bits per heavy atom. The highest BCUT2D eigenvalue weighted by Crippen LogP contribution is 2.38. The second kappa shape index (κ2) is 6.05. The van der Waals surface area contributed by atoms with Crippen LogP contribution in [0.3, 0.4) is 0 Å². The van der Waals surface area contributed by atoms with Gasteiger partial charge in [0.1, 0.15) is 11.6 Å². The minimum atomic E-state index is -4.43. The Kier molecular flexibility index (Phi) is 4.21. The standard InChI is InChI=1S/C17H12BrF3N2O/c1-9-22-14-8-11(18)4-6-12(14)16(23-9)13-5-3-10(17(19,20)21)7-15(13)24-2/h3-8H,1-2H3. The molecule has 0 atom stereocenters. The van der Waals surface area contributed by atoms with Crippen molar-refractivity contribution in [2.24, 2.45) is 0 Å². The average Bonchev–Trinajstić information content (AvgIpc) is 2.52. The first-order valence-corrected chi connectivity index (χ1v) is 7.78. The molecule has 2 aromatic carbocycles. The van der Waals surface area contributed by atoms with E-state index in [1.807, 2.05) is 18.2 Å². The first-order valence-electron chi connectivity index (χ1n) is 6.99. The number of nitrogens with zero attached hydrogens (tertiary/aromatic N) is 2. The molecule has 0 saturated carbocycles. The van der Waals surface area contributed by atoms with Gasteiger partial charge in [0.15, 0.2) is 0 Å². The van der Waals surface area contributed by atoms with E-state index in [0.717, 1.165) is 22.0 Å². The molecule has 0 radical (unpaired) electrons. The molecule has 0 saturated heterocycles. The predicted molar refractivity (Wildman–Crippen MR) is 89.0 cm³/mol. The van der Waals surface area contributed by atoms with Crippen LogP contribution in [0.15, 0.2) is 40.9 Å².